The van der Waals surface area contributed by atoms with Crippen LogP contribution < -0.4 is 4.74 Å². The Kier molecular flexibility index (Phi) is 5.76. The molecule has 1 aromatic carbocycles. The summed E-state index contributed by atoms with van der Waals surface area (Å²) in [7, 11) is 1.69. The number of unbranched alkanes of at least 4 members (excludes halogenated alkanes) is 1. The monoisotopic (exact) mass is 260 g/mol. The van der Waals surface area contributed by atoms with E-state index in [1.165, 1.54) is 12.0 Å². The molecule has 0 atom stereocenters. The van der Waals surface area contributed by atoms with Gasteiger partial charge in [-0.2, -0.15) is 0 Å². The topological polar surface area (TPSA) is 18.5 Å². The molecule has 0 spiro atoms. The van der Waals surface area contributed by atoms with Gasteiger partial charge in [0.25, 0.3) is 0 Å². The Morgan fingerprint density at radius 2 is 1.95 bits per heavy atom. The minimum Gasteiger partial charge on any atom is -0.497 e. The summed E-state index contributed by atoms with van der Waals surface area (Å²) in [6.45, 7) is 8.17. The number of aryl methyl sites for hydroxylation is 1. The molecule has 0 aliphatic heterocycles. The average Bonchev–Trinajstić information content (AvgIpc) is 2.35. The van der Waals surface area contributed by atoms with Gasteiger partial charge in [-0.3, -0.25) is 0 Å². The minimum absolute atomic E-state index is 0.233. The lowest BCUT2D eigenvalue weighted by molar-refractivity contribution is 0.0963. The van der Waals surface area contributed by atoms with E-state index >= 15 is 0 Å². The Hall–Kier alpha value is -1.62. The zero-order valence-corrected chi connectivity index (χ0v) is 12.7. The van der Waals surface area contributed by atoms with Gasteiger partial charge >= 0.3 is 0 Å². The molecule has 0 heterocycles. The van der Waals surface area contributed by atoms with E-state index in [0.29, 0.717) is 0 Å². The van der Waals surface area contributed by atoms with Crippen molar-refractivity contribution in [3.05, 3.63) is 29.3 Å². The van der Waals surface area contributed by atoms with Crippen LogP contribution in [0, 0.1) is 12.0 Å². The molecule has 0 amide bonds. The van der Waals surface area contributed by atoms with E-state index in [0.717, 1.165) is 24.2 Å². The van der Waals surface area contributed by atoms with E-state index in [1.807, 2.05) is 32.9 Å². The lowest BCUT2D eigenvalue weighted by Crippen LogP contribution is -2.15. The van der Waals surface area contributed by atoms with Crippen molar-refractivity contribution >= 4 is 0 Å². The number of benzene rings is 1. The molecule has 0 saturated heterocycles. The van der Waals surface area contributed by atoms with Gasteiger partial charge in [0.05, 0.1) is 7.11 Å². The van der Waals surface area contributed by atoms with Gasteiger partial charge in [0.1, 0.15) is 17.5 Å². The molecule has 104 valence electrons. The Morgan fingerprint density at radius 3 is 2.53 bits per heavy atom. The van der Waals surface area contributed by atoms with Gasteiger partial charge in [-0.05, 0) is 63.3 Å². The van der Waals surface area contributed by atoms with Crippen molar-refractivity contribution in [1.82, 2.24) is 0 Å². The van der Waals surface area contributed by atoms with E-state index in [2.05, 4.69) is 25.0 Å². The lowest BCUT2D eigenvalue weighted by atomic mass is 10.0. The maximum Gasteiger partial charge on any atom is 0.119 e. The second-order valence-corrected chi connectivity index (χ2v) is 5.57. The van der Waals surface area contributed by atoms with Crippen LogP contribution in [0.1, 0.15) is 51.7 Å². The van der Waals surface area contributed by atoms with Crippen molar-refractivity contribution < 1.29 is 9.47 Å². The van der Waals surface area contributed by atoms with Crippen molar-refractivity contribution in [1.29, 1.82) is 0 Å². The molecule has 0 aromatic heterocycles. The summed E-state index contributed by atoms with van der Waals surface area (Å²) in [5.41, 5.74) is 2.02. The van der Waals surface area contributed by atoms with Crippen LogP contribution in [0.3, 0.4) is 0 Å². The zero-order chi connectivity index (χ0) is 14.3. The molecule has 1 aromatic rings. The molecule has 0 saturated carbocycles. The van der Waals surface area contributed by atoms with Gasteiger partial charge in [-0.25, -0.2) is 0 Å². The van der Waals surface area contributed by atoms with Crippen LogP contribution in [0.2, 0.25) is 0 Å². The molecule has 19 heavy (non-hydrogen) atoms. The number of hydrogen-bond donors (Lipinski definition) is 0. The van der Waals surface area contributed by atoms with Gasteiger partial charge < -0.3 is 9.47 Å². The summed E-state index contributed by atoms with van der Waals surface area (Å²) in [5.74, 6) is 3.99. The molecular formula is C17H24O2. The highest BCUT2D eigenvalue weighted by Crippen LogP contribution is 2.19. The summed E-state index contributed by atoms with van der Waals surface area (Å²) < 4.78 is 10.7. The second kappa shape index (κ2) is 7.09. The smallest absolute Gasteiger partial charge is 0.119 e. The molecule has 0 N–H and O–H groups in total. The van der Waals surface area contributed by atoms with Gasteiger partial charge in [0, 0.05) is 5.56 Å². The van der Waals surface area contributed by atoms with Crippen LogP contribution in [0.25, 0.3) is 0 Å². The number of ether oxygens (including phenoxy) is 2. The van der Waals surface area contributed by atoms with Gasteiger partial charge in [0.2, 0.25) is 0 Å². The van der Waals surface area contributed by atoms with E-state index in [9.17, 15) is 0 Å². The molecule has 0 aliphatic carbocycles. The van der Waals surface area contributed by atoms with Crippen molar-refractivity contribution in [3.8, 4) is 17.8 Å². The average molecular weight is 260 g/mol. The minimum atomic E-state index is -0.233. The molecular weight excluding hydrogens is 236 g/mol. The first-order valence-electron chi connectivity index (χ1n) is 6.82. The van der Waals surface area contributed by atoms with Gasteiger partial charge in [-0.15, -0.1) is 0 Å². The van der Waals surface area contributed by atoms with Crippen molar-refractivity contribution in [2.24, 2.45) is 0 Å². The highest BCUT2D eigenvalue weighted by Gasteiger charge is 2.08. The molecule has 0 radical (unpaired) electrons. The van der Waals surface area contributed by atoms with Crippen molar-refractivity contribution in [2.45, 2.75) is 52.6 Å². The fourth-order valence-corrected chi connectivity index (χ4v) is 1.63. The first kappa shape index (κ1) is 15.4. The summed E-state index contributed by atoms with van der Waals surface area (Å²) in [6.07, 6.45) is 6.15. The fourth-order valence-electron chi connectivity index (χ4n) is 1.63. The first-order valence-corrected chi connectivity index (χ1v) is 6.82. The van der Waals surface area contributed by atoms with Crippen LogP contribution in [0.5, 0.6) is 5.75 Å². The largest absolute Gasteiger partial charge is 0.497 e. The highest BCUT2D eigenvalue weighted by molar-refractivity contribution is 5.45. The third kappa shape index (κ3) is 5.70. The van der Waals surface area contributed by atoms with Gasteiger partial charge in [0.15, 0.2) is 0 Å². The molecule has 1 rings (SSSR count). The standard InChI is InChI=1S/C17H24O2/c1-6-7-8-15-13-16(18-5)10-9-14(15)11-12-19-17(2,3)4/h9-10,13H,6-8H2,1-5H3. The van der Waals surface area contributed by atoms with Crippen LogP contribution >= 0.6 is 0 Å². The molecule has 0 bridgehead atoms. The molecule has 2 nitrogen and oxygen atoms in total. The van der Waals surface area contributed by atoms with Crippen LogP contribution in [0.15, 0.2) is 18.2 Å². The van der Waals surface area contributed by atoms with Crippen molar-refractivity contribution in [3.63, 3.8) is 0 Å². The van der Waals surface area contributed by atoms with E-state index < -0.39 is 0 Å². The summed E-state index contributed by atoms with van der Waals surface area (Å²) >= 11 is 0. The Labute approximate surface area is 117 Å². The summed E-state index contributed by atoms with van der Waals surface area (Å²) in [4.78, 5) is 0. The Bertz CT molecular complexity index is 458. The highest BCUT2D eigenvalue weighted by atomic mass is 16.5. The third-order valence-electron chi connectivity index (χ3n) is 2.65. The Balaban J connectivity index is 2.91. The predicted molar refractivity (Wildman–Crippen MR) is 79.3 cm³/mol. The van der Waals surface area contributed by atoms with Gasteiger partial charge in [-0.1, -0.05) is 13.3 Å². The first-order chi connectivity index (χ1) is 8.96. The molecule has 0 aliphatic rings. The van der Waals surface area contributed by atoms with Crippen molar-refractivity contribution in [2.75, 3.05) is 7.11 Å². The predicted octanol–water partition coefficient (Wildman–Crippen LogP) is 4.16. The molecule has 2 heteroatoms. The maximum absolute atomic E-state index is 5.46. The van der Waals surface area contributed by atoms with E-state index in [4.69, 9.17) is 9.47 Å². The molecule has 0 fully saturated rings. The third-order valence-corrected chi connectivity index (χ3v) is 2.65. The summed E-state index contributed by atoms with van der Waals surface area (Å²) in [5, 5.41) is 0. The fraction of sp³-hybridized carbons (Fsp3) is 0.529. The van der Waals surface area contributed by atoms with E-state index in [-0.39, 0.29) is 5.60 Å². The second-order valence-electron chi connectivity index (χ2n) is 5.57. The zero-order valence-electron chi connectivity index (χ0n) is 12.7. The SMILES string of the molecule is CCCCc1cc(OC)ccc1C#COC(C)(C)C. The Morgan fingerprint density at radius 1 is 1.21 bits per heavy atom. The van der Waals surface area contributed by atoms with Crippen LogP contribution in [-0.2, 0) is 11.2 Å². The lowest BCUT2D eigenvalue weighted by Gasteiger charge is -2.14. The number of hydrogen-bond acceptors (Lipinski definition) is 2. The molecule has 0 unspecified atom stereocenters. The normalized spacial score (nSPS) is 10.6. The number of methoxy groups -OCH3 is 1. The summed E-state index contributed by atoms with van der Waals surface area (Å²) in [6, 6.07) is 6.01. The van der Waals surface area contributed by atoms with E-state index in [1.54, 1.807) is 7.11 Å². The quantitative estimate of drug-likeness (QED) is 0.757. The van der Waals surface area contributed by atoms with Crippen LogP contribution in [0.4, 0.5) is 0 Å². The maximum atomic E-state index is 5.46. The van der Waals surface area contributed by atoms with Crippen LogP contribution in [-0.4, -0.2) is 12.7 Å². The number of rotatable bonds is 4.